The van der Waals surface area contributed by atoms with Crippen molar-refractivity contribution in [3.8, 4) is 0 Å². The topological polar surface area (TPSA) is 104 Å². The van der Waals surface area contributed by atoms with Crippen molar-refractivity contribution < 1.29 is 0 Å². The molecule has 0 aliphatic heterocycles. The molecule has 0 fully saturated rings. The summed E-state index contributed by atoms with van der Waals surface area (Å²) in [6.45, 7) is 2.18. The van der Waals surface area contributed by atoms with Gasteiger partial charge < -0.3 is 22.9 Å². The summed E-state index contributed by atoms with van der Waals surface area (Å²) in [5, 5.41) is 0. The van der Waals surface area contributed by atoms with Gasteiger partial charge >= 0.3 is 0 Å². The zero-order chi connectivity index (χ0) is 32.8. The molecule has 0 radical (unpaired) electrons. The Morgan fingerprint density at radius 3 is 1.00 bits per heavy atom. The van der Waals surface area contributed by atoms with Crippen LogP contribution in [0.2, 0.25) is 0 Å². The lowest BCUT2D eigenvalue weighted by atomic mass is 9.80. The number of rotatable bonds is 11. The van der Waals surface area contributed by atoms with Crippen molar-refractivity contribution in [2.75, 3.05) is 22.9 Å². The zero-order valence-corrected chi connectivity index (χ0v) is 27.1. The van der Waals surface area contributed by atoms with Gasteiger partial charge in [-0.05, 0) is 87.7 Å². The summed E-state index contributed by atoms with van der Waals surface area (Å²) >= 11 is 0. The molecule has 0 spiro atoms. The molecule has 0 amide bonds. The predicted molar refractivity (Wildman–Crippen MR) is 200 cm³/mol. The van der Waals surface area contributed by atoms with Gasteiger partial charge in [0.05, 0.1) is 22.7 Å². The van der Waals surface area contributed by atoms with Gasteiger partial charge in [-0.1, -0.05) is 140 Å². The van der Waals surface area contributed by atoms with Gasteiger partial charge in [0.2, 0.25) is 0 Å². The van der Waals surface area contributed by atoms with Crippen molar-refractivity contribution in [3.05, 3.63) is 189 Å². The fourth-order valence-corrected chi connectivity index (χ4v) is 6.84. The normalized spacial score (nSPS) is 11.2. The number of hydrogen-bond donors (Lipinski definition) is 4. The molecule has 236 valence electrons. The first-order valence-electron chi connectivity index (χ1n) is 16.5. The molecule has 8 N–H and O–H groups in total. The highest BCUT2D eigenvalue weighted by atomic mass is 14.7. The summed E-state index contributed by atoms with van der Waals surface area (Å²) in [5.74, 6) is -0.0832. The lowest BCUT2D eigenvalue weighted by Crippen LogP contribution is -2.15. The fourth-order valence-electron chi connectivity index (χ4n) is 6.84. The highest BCUT2D eigenvalue weighted by Gasteiger charge is 2.26. The average molecular weight is 617 g/mol. The maximum atomic E-state index is 7.00. The Kier molecular flexibility index (Phi) is 9.59. The van der Waals surface area contributed by atoms with Crippen LogP contribution in [0.5, 0.6) is 0 Å². The van der Waals surface area contributed by atoms with Crippen LogP contribution in [0.3, 0.4) is 0 Å². The Bertz CT molecular complexity index is 1790. The van der Waals surface area contributed by atoms with Crippen LogP contribution in [0.15, 0.2) is 133 Å². The van der Waals surface area contributed by atoms with Gasteiger partial charge in [-0.3, -0.25) is 0 Å². The molecule has 0 saturated heterocycles. The first kappa shape index (κ1) is 31.5. The van der Waals surface area contributed by atoms with E-state index >= 15 is 0 Å². The highest BCUT2D eigenvalue weighted by Crippen LogP contribution is 2.44. The third-order valence-corrected chi connectivity index (χ3v) is 9.37. The Hall–Kier alpha value is -5.48. The number of hydrogen-bond acceptors (Lipinski definition) is 4. The minimum absolute atomic E-state index is 0.0832. The molecule has 6 aromatic rings. The first-order valence-corrected chi connectivity index (χ1v) is 16.5. The zero-order valence-electron chi connectivity index (χ0n) is 27.1. The lowest BCUT2D eigenvalue weighted by molar-refractivity contribution is 0.777. The minimum atomic E-state index is -0.0832. The van der Waals surface area contributed by atoms with E-state index in [9.17, 15) is 0 Å². The number of benzene rings is 6. The van der Waals surface area contributed by atoms with Gasteiger partial charge in [-0.25, -0.2) is 0 Å². The summed E-state index contributed by atoms with van der Waals surface area (Å²) < 4.78 is 0. The van der Waals surface area contributed by atoms with E-state index in [0.717, 1.165) is 41.5 Å². The summed E-state index contributed by atoms with van der Waals surface area (Å²) in [7, 11) is 0. The van der Waals surface area contributed by atoms with Crippen molar-refractivity contribution in [3.63, 3.8) is 0 Å². The van der Waals surface area contributed by atoms with Crippen LogP contribution in [0.25, 0.3) is 0 Å². The van der Waals surface area contributed by atoms with E-state index in [1.165, 1.54) is 33.4 Å². The largest absolute Gasteiger partial charge is 0.397 e. The fraction of sp³-hybridized carbons (Fsp3) is 0.163. The van der Waals surface area contributed by atoms with Gasteiger partial charge in [0.1, 0.15) is 0 Å². The molecule has 0 unspecified atom stereocenters. The highest BCUT2D eigenvalue weighted by molar-refractivity contribution is 5.79. The van der Waals surface area contributed by atoms with Crippen LogP contribution in [0.4, 0.5) is 22.7 Å². The monoisotopic (exact) mass is 616 g/mol. The van der Waals surface area contributed by atoms with Crippen LogP contribution < -0.4 is 22.9 Å². The van der Waals surface area contributed by atoms with Crippen LogP contribution in [-0.2, 0) is 25.7 Å². The van der Waals surface area contributed by atoms with Crippen LogP contribution in [0, 0.1) is 0 Å². The van der Waals surface area contributed by atoms with Gasteiger partial charge in [-0.2, -0.15) is 0 Å². The smallest absolute Gasteiger partial charge is 0.0589 e. The van der Waals surface area contributed by atoms with E-state index in [2.05, 4.69) is 116 Å². The van der Waals surface area contributed by atoms with Crippen molar-refractivity contribution in [1.29, 1.82) is 0 Å². The third-order valence-electron chi connectivity index (χ3n) is 9.37. The molecular formula is C43H44N4. The number of nitrogen functional groups attached to an aromatic ring is 4. The molecule has 0 heterocycles. The van der Waals surface area contributed by atoms with Gasteiger partial charge in [0.15, 0.2) is 0 Å². The van der Waals surface area contributed by atoms with E-state index in [1.54, 1.807) is 0 Å². The Morgan fingerprint density at radius 1 is 0.404 bits per heavy atom. The molecule has 0 atom stereocenters. The molecule has 47 heavy (non-hydrogen) atoms. The molecule has 0 aromatic heterocycles. The third kappa shape index (κ3) is 7.02. The minimum Gasteiger partial charge on any atom is -0.397 e. The van der Waals surface area contributed by atoms with E-state index < -0.39 is 0 Å². The van der Waals surface area contributed by atoms with E-state index in [-0.39, 0.29) is 5.92 Å². The second kappa shape index (κ2) is 14.3. The number of anilines is 4. The standard InChI is InChI=1S/C43H44N4/c1-2-35(38-27-33(23-29-15-7-3-8-16-29)36(40(44)42(38)46)25-31-19-11-5-12-20-31)39-28-34(24-30-17-9-4-10-18-30)37(41(45)43(39)47)26-32-21-13-6-14-22-32/h3-22,27-28,35H,2,23-26,44-47H2,1H3. The molecule has 0 saturated carbocycles. The predicted octanol–water partition coefficient (Wildman–Crippen LogP) is 8.92. The van der Waals surface area contributed by atoms with E-state index in [0.29, 0.717) is 35.6 Å². The summed E-state index contributed by atoms with van der Waals surface area (Å²) in [4.78, 5) is 0. The second-order valence-corrected chi connectivity index (χ2v) is 12.5. The van der Waals surface area contributed by atoms with Crippen LogP contribution in [-0.4, -0.2) is 0 Å². The van der Waals surface area contributed by atoms with Crippen molar-refractivity contribution in [1.82, 2.24) is 0 Å². The van der Waals surface area contributed by atoms with E-state index in [4.69, 9.17) is 22.9 Å². The molecule has 0 aliphatic rings. The Morgan fingerprint density at radius 2 is 0.702 bits per heavy atom. The second-order valence-electron chi connectivity index (χ2n) is 12.5. The van der Waals surface area contributed by atoms with Crippen molar-refractivity contribution in [2.45, 2.75) is 44.9 Å². The van der Waals surface area contributed by atoms with Crippen molar-refractivity contribution in [2.24, 2.45) is 0 Å². The van der Waals surface area contributed by atoms with Gasteiger partial charge in [0, 0.05) is 5.92 Å². The maximum absolute atomic E-state index is 7.00. The molecular weight excluding hydrogens is 573 g/mol. The summed E-state index contributed by atoms with van der Waals surface area (Å²) in [5.41, 5.74) is 41.9. The SMILES string of the molecule is CCC(c1cc(Cc2ccccc2)c(Cc2ccccc2)c(N)c1N)c1cc(Cc2ccccc2)c(Cc2ccccc2)c(N)c1N. The summed E-state index contributed by atoms with van der Waals surface area (Å²) in [6.07, 6.45) is 3.72. The quantitative estimate of drug-likeness (QED) is 0.109. The number of nitrogens with two attached hydrogens (primary N) is 4. The average Bonchev–Trinajstić information content (AvgIpc) is 3.11. The molecule has 4 heteroatoms. The van der Waals surface area contributed by atoms with Crippen molar-refractivity contribution >= 4 is 22.7 Å². The van der Waals surface area contributed by atoms with Gasteiger partial charge in [-0.15, -0.1) is 0 Å². The molecule has 0 bridgehead atoms. The summed E-state index contributed by atoms with van der Waals surface area (Å²) in [6, 6.07) is 46.5. The maximum Gasteiger partial charge on any atom is 0.0589 e. The van der Waals surface area contributed by atoms with Gasteiger partial charge in [0.25, 0.3) is 0 Å². The molecule has 6 rings (SSSR count). The molecule has 6 aromatic carbocycles. The Labute approximate surface area is 279 Å². The van der Waals surface area contributed by atoms with Crippen LogP contribution >= 0.6 is 0 Å². The Balaban J connectivity index is 1.49. The molecule has 4 nitrogen and oxygen atoms in total. The molecule has 0 aliphatic carbocycles. The van der Waals surface area contributed by atoms with E-state index in [1.807, 2.05) is 24.3 Å². The van der Waals surface area contributed by atoms with Crippen LogP contribution in [0.1, 0.15) is 74.9 Å². The first-order chi connectivity index (χ1) is 22.9. The lowest BCUT2D eigenvalue weighted by Gasteiger charge is -2.27.